The summed E-state index contributed by atoms with van der Waals surface area (Å²) in [4.78, 5) is 2.20. The summed E-state index contributed by atoms with van der Waals surface area (Å²) in [5.74, 6) is -0.456. The number of aliphatic hydroxyl groups excluding tert-OH is 1. The number of hydrogen-bond acceptors (Lipinski definition) is 5. The number of nitrogens with zero attached hydrogens (tertiary/aromatic N) is 1. The second-order valence-electron chi connectivity index (χ2n) is 9.42. The van der Waals surface area contributed by atoms with E-state index in [9.17, 15) is 22.5 Å². The Morgan fingerprint density at radius 2 is 1.49 bits per heavy atom. The molecular formula is C27H28F3N3O3S. The van der Waals surface area contributed by atoms with Gasteiger partial charge in [-0.2, -0.15) is 0 Å². The lowest BCUT2D eigenvalue weighted by molar-refractivity contribution is -0.274. The van der Waals surface area contributed by atoms with Crippen LogP contribution in [0.1, 0.15) is 30.4 Å². The van der Waals surface area contributed by atoms with Gasteiger partial charge in [0, 0.05) is 17.4 Å². The number of para-hydroxylation sites is 2. The zero-order valence-corrected chi connectivity index (χ0v) is 20.8. The molecule has 3 aromatic carbocycles. The molecule has 5 rings (SSSR count). The van der Waals surface area contributed by atoms with Crippen LogP contribution in [0.15, 0.2) is 77.7 Å². The van der Waals surface area contributed by atoms with Crippen molar-refractivity contribution in [3.63, 3.8) is 0 Å². The normalized spacial score (nSPS) is 23.4. The molecule has 0 saturated heterocycles. The van der Waals surface area contributed by atoms with Crippen molar-refractivity contribution in [2.45, 2.75) is 61.5 Å². The van der Waals surface area contributed by atoms with Gasteiger partial charge < -0.3 is 14.7 Å². The SMILES string of the molecule is N=[S@@](=O)(N[C@H]1CCC[C@H](N2c3ccccc3CCc3ccccc32)[C@H]1O)c1ccc(OC(F)(F)F)cc1. The third-order valence-electron chi connectivity index (χ3n) is 7.03. The van der Waals surface area contributed by atoms with Crippen molar-refractivity contribution in [3.05, 3.63) is 83.9 Å². The van der Waals surface area contributed by atoms with E-state index in [1.54, 1.807) is 0 Å². The lowest BCUT2D eigenvalue weighted by atomic mass is 9.86. The highest BCUT2D eigenvalue weighted by molar-refractivity contribution is 7.90. The predicted octanol–water partition coefficient (Wildman–Crippen LogP) is 5.71. The summed E-state index contributed by atoms with van der Waals surface area (Å²) in [5.41, 5.74) is 4.44. The molecule has 1 heterocycles. The second kappa shape index (κ2) is 10.00. The molecule has 196 valence electrons. The Labute approximate surface area is 214 Å². The average molecular weight is 532 g/mol. The highest BCUT2D eigenvalue weighted by Gasteiger charge is 2.39. The molecule has 0 bridgehead atoms. The van der Waals surface area contributed by atoms with Crippen molar-refractivity contribution < 1.29 is 27.2 Å². The molecule has 3 aromatic rings. The molecule has 6 nitrogen and oxygen atoms in total. The Morgan fingerprint density at radius 3 is 2.05 bits per heavy atom. The van der Waals surface area contributed by atoms with E-state index >= 15 is 0 Å². The molecule has 2 aliphatic rings. The van der Waals surface area contributed by atoms with Gasteiger partial charge in [0.15, 0.2) is 0 Å². The van der Waals surface area contributed by atoms with Crippen LogP contribution in [0.5, 0.6) is 5.75 Å². The highest BCUT2D eigenvalue weighted by atomic mass is 32.2. The first-order valence-corrected chi connectivity index (χ1v) is 13.7. The summed E-state index contributed by atoms with van der Waals surface area (Å²) in [7, 11) is -3.60. The number of fused-ring (bicyclic) bond motifs is 2. The molecule has 0 unspecified atom stereocenters. The standard InChI is InChI=1S/C27H28F3N3O3S/c28-27(29,30)36-20-14-16-21(17-15-20)37(31,35)32-22-8-5-11-25(26(22)34)33-23-9-3-1-6-18(23)12-13-19-7-2-4-10-24(19)33/h1-4,6-7,9-10,14-17,22,25-26,34H,5,8,11-13H2,(H2,31,32,35)/t22-,25-,26-,37+/m0/s1. The summed E-state index contributed by atoms with van der Waals surface area (Å²) in [6.07, 6.45) is -2.05. The molecule has 4 atom stereocenters. The Bertz CT molecular complexity index is 1320. The number of nitrogens with one attached hydrogen (secondary N) is 2. The fourth-order valence-corrected chi connectivity index (χ4v) is 6.69. The van der Waals surface area contributed by atoms with Crippen molar-refractivity contribution in [2.24, 2.45) is 0 Å². The van der Waals surface area contributed by atoms with Gasteiger partial charge in [-0.05, 0) is 79.6 Å². The first-order chi connectivity index (χ1) is 17.6. The summed E-state index contributed by atoms with van der Waals surface area (Å²) >= 11 is 0. The quantitative estimate of drug-likeness (QED) is 0.394. The van der Waals surface area contributed by atoms with Gasteiger partial charge in [0.05, 0.1) is 17.0 Å². The molecule has 10 heteroatoms. The van der Waals surface area contributed by atoms with E-state index in [-0.39, 0.29) is 10.9 Å². The van der Waals surface area contributed by atoms with Crippen LogP contribution in [0, 0.1) is 4.78 Å². The lowest BCUT2D eigenvalue weighted by Gasteiger charge is -2.43. The largest absolute Gasteiger partial charge is 0.573 e. The van der Waals surface area contributed by atoms with Gasteiger partial charge in [-0.15, -0.1) is 13.2 Å². The molecule has 1 saturated carbocycles. The molecule has 37 heavy (non-hydrogen) atoms. The topological polar surface area (TPSA) is 85.7 Å². The zero-order valence-electron chi connectivity index (χ0n) is 19.9. The number of aryl methyl sites for hydroxylation is 2. The first kappa shape index (κ1) is 25.6. The zero-order chi connectivity index (χ0) is 26.2. The molecule has 1 aliphatic heterocycles. The number of rotatable bonds is 5. The van der Waals surface area contributed by atoms with E-state index in [1.807, 2.05) is 24.3 Å². The van der Waals surface area contributed by atoms with Gasteiger partial charge in [-0.3, -0.25) is 0 Å². The smallest absolute Gasteiger partial charge is 0.406 e. The second-order valence-corrected chi connectivity index (χ2v) is 11.2. The summed E-state index contributed by atoms with van der Waals surface area (Å²) in [6.45, 7) is 0. The van der Waals surface area contributed by atoms with Gasteiger partial charge in [0.1, 0.15) is 15.7 Å². The number of anilines is 2. The minimum Gasteiger partial charge on any atom is -0.406 e. The highest BCUT2D eigenvalue weighted by Crippen LogP contribution is 2.41. The first-order valence-electron chi connectivity index (χ1n) is 12.2. The van der Waals surface area contributed by atoms with E-state index in [0.29, 0.717) is 12.8 Å². The minimum absolute atomic E-state index is 0.0156. The molecule has 0 aromatic heterocycles. The molecule has 3 N–H and O–H groups in total. The fourth-order valence-electron chi connectivity index (χ4n) is 5.35. The Morgan fingerprint density at radius 1 is 0.919 bits per heavy atom. The third-order valence-corrected chi connectivity index (χ3v) is 8.60. The van der Waals surface area contributed by atoms with Crippen LogP contribution >= 0.6 is 0 Å². The lowest BCUT2D eigenvalue weighted by Crippen LogP contribution is -2.55. The van der Waals surface area contributed by atoms with Crippen LogP contribution in [-0.4, -0.2) is 33.9 Å². The Hall–Kier alpha value is -3.08. The molecule has 0 radical (unpaired) electrons. The Balaban J connectivity index is 1.41. The van der Waals surface area contributed by atoms with Gasteiger partial charge >= 0.3 is 6.36 Å². The van der Waals surface area contributed by atoms with Crippen LogP contribution in [0.3, 0.4) is 0 Å². The molecule has 1 aliphatic carbocycles. The van der Waals surface area contributed by atoms with Crippen molar-refractivity contribution in [1.29, 1.82) is 4.78 Å². The van der Waals surface area contributed by atoms with Crippen molar-refractivity contribution in [1.82, 2.24) is 4.72 Å². The van der Waals surface area contributed by atoms with Crippen LogP contribution in [0.4, 0.5) is 24.5 Å². The monoisotopic (exact) mass is 531 g/mol. The summed E-state index contributed by atoms with van der Waals surface area (Å²) in [6, 6.07) is 19.7. The number of aliphatic hydroxyl groups is 1. The maximum atomic E-state index is 13.3. The van der Waals surface area contributed by atoms with Crippen molar-refractivity contribution in [3.8, 4) is 5.75 Å². The van der Waals surface area contributed by atoms with Crippen LogP contribution in [0.25, 0.3) is 0 Å². The number of halogens is 3. The van der Waals surface area contributed by atoms with E-state index < -0.39 is 34.2 Å². The maximum absolute atomic E-state index is 13.3. The van der Waals surface area contributed by atoms with Crippen molar-refractivity contribution >= 4 is 21.3 Å². The summed E-state index contributed by atoms with van der Waals surface area (Å²) in [5, 5.41) is 11.5. The van der Waals surface area contributed by atoms with Crippen LogP contribution < -0.4 is 14.4 Å². The number of hydrogen-bond donors (Lipinski definition) is 3. The number of benzene rings is 3. The third kappa shape index (κ3) is 5.46. The number of alkyl halides is 3. The van der Waals surface area contributed by atoms with Crippen LogP contribution in [-0.2, 0) is 22.8 Å². The van der Waals surface area contributed by atoms with E-state index in [1.165, 1.54) is 23.3 Å². The Kier molecular flexibility index (Phi) is 6.91. The fraction of sp³-hybridized carbons (Fsp3) is 0.333. The molecule has 1 fully saturated rings. The maximum Gasteiger partial charge on any atom is 0.573 e. The summed E-state index contributed by atoms with van der Waals surface area (Å²) < 4.78 is 65.8. The minimum atomic E-state index is -4.84. The molecule has 0 spiro atoms. The van der Waals surface area contributed by atoms with Gasteiger partial charge in [-0.1, -0.05) is 36.4 Å². The van der Waals surface area contributed by atoms with Gasteiger partial charge in [0.25, 0.3) is 0 Å². The predicted molar refractivity (Wildman–Crippen MR) is 135 cm³/mol. The van der Waals surface area contributed by atoms with E-state index in [0.717, 1.165) is 42.8 Å². The average Bonchev–Trinajstić information content (AvgIpc) is 3.02. The van der Waals surface area contributed by atoms with Gasteiger partial charge in [0.2, 0.25) is 0 Å². The van der Waals surface area contributed by atoms with E-state index in [2.05, 4.69) is 38.6 Å². The van der Waals surface area contributed by atoms with Crippen molar-refractivity contribution in [2.75, 3.05) is 4.90 Å². The molecular weight excluding hydrogens is 503 g/mol. The van der Waals surface area contributed by atoms with E-state index in [4.69, 9.17) is 4.78 Å². The molecule has 0 amide bonds. The number of ether oxygens (including phenoxy) is 1. The van der Waals surface area contributed by atoms with Gasteiger partial charge in [-0.25, -0.2) is 13.7 Å². The van der Waals surface area contributed by atoms with Crippen LogP contribution in [0.2, 0.25) is 0 Å².